The van der Waals surface area contributed by atoms with Gasteiger partial charge in [0.25, 0.3) is 0 Å². The van der Waals surface area contributed by atoms with Crippen molar-refractivity contribution in [3.8, 4) is 10.4 Å². The molecule has 0 saturated heterocycles. The molecule has 1 fully saturated rings. The van der Waals surface area contributed by atoms with Crippen LogP contribution in [-0.4, -0.2) is 10.3 Å². The molecule has 1 aromatic heterocycles. The first-order valence-corrected chi connectivity index (χ1v) is 9.43. The number of hydrogen-bond donors (Lipinski definition) is 0. The average molecular weight is 350 g/mol. The topological polar surface area (TPSA) is 12.9 Å². The molecule has 20 heavy (non-hydrogen) atoms. The number of hydrogen-bond acceptors (Lipinski definition) is 2. The predicted octanol–water partition coefficient (Wildman–Crippen LogP) is 5.80. The minimum Gasteiger partial charge on any atom is -0.245 e. The molecule has 0 amide bonds. The van der Waals surface area contributed by atoms with Gasteiger partial charge in [-0.2, -0.15) is 0 Å². The zero-order chi connectivity index (χ0) is 13.8. The molecule has 0 aliphatic heterocycles. The number of aryl methyl sites for hydroxylation is 1. The summed E-state index contributed by atoms with van der Waals surface area (Å²) in [7, 11) is 0. The van der Waals surface area contributed by atoms with E-state index in [0.717, 1.165) is 11.8 Å². The Bertz CT molecular complexity index is 543. The lowest BCUT2D eigenvalue weighted by Crippen LogP contribution is -2.04. The van der Waals surface area contributed by atoms with Gasteiger partial charge in [-0.15, -0.1) is 11.3 Å². The van der Waals surface area contributed by atoms with Crippen molar-refractivity contribution in [2.45, 2.75) is 44.4 Å². The first-order chi connectivity index (χ1) is 9.88. The largest absolute Gasteiger partial charge is 0.245 e. The lowest BCUT2D eigenvalue weighted by molar-refractivity contribution is 0.442. The van der Waals surface area contributed by atoms with Crippen molar-refractivity contribution in [2.75, 3.05) is 5.33 Å². The maximum Gasteiger partial charge on any atom is 0.0965 e. The molecule has 0 bridgehead atoms. The summed E-state index contributed by atoms with van der Waals surface area (Å²) in [6.45, 7) is 0. The minimum absolute atomic E-state index is 0.709. The molecular weight excluding hydrogens is 330 g/mol. The molecule has 0 atom stereocenters. The van der Waals surface area contributed by atoms with E-state index in [1.807, 2.05) is 11.3 Å². The lowest BCUT2D eigenvalue weighted by atomic mass is 9.90. The van der Waals surface area contributed by atoms with Gasteiger partial charge in [0.2, 0.25) is 0 Å². The van der Waals surface area contributed by atoms with Crippen LogP contribution in [-0.2, 0) is 6.42 Å². The maximum atomic E-state index is 4.99. The third kappa shape index (κ3) is 3.15. The number of rotatable bonds is 4. The van der Waals surface area contributed by atoms with E-state index < -0.39 is 0 Å². The molecule has 1 aliphatic carbocycles. The summed E-state index contributed by atoms with van der Waals surface area (Å²) < 4.78 is 0. The first-order valence-electron chi connectivity index (χ1n) is 7.49. The third-order valence-corrected chi connectivity index (χ3v) is 5.74. The van der Waals surface area contributed by atoms with Crippen LogP contribution in [0.1, 0.15) is 48.7 Å². The number of thiazole rings is 1. The molecule has 0 N–H and O–H groups in total. The molecule has 0 unspecified atom stereocenters. The Balaban J connectivity index is 1.93. The molecule has 1 nitrogen and oxygen atoms in total. The van der Waals surface area contributed by atoms with Crippen LogP contribution in [0.2, 0.25) is 0 Å². The highest BCUT2D eigenvalue weighted by Gasteiger charge is 2.21. The van der Waals surface area contributed by atoms with E-state index >= 15 is 0 Å². The van der Waals surface area contributed by atoms with E-state index in [0.29, 0.717) is 5.92 Å². The summed E-state index contributed by atoms with van der Waals surface area (Å²) in [5.41, 5.74) is 2.60. The Labute approximate surface area is 133 Å². The van der Waals surface area contributed by atoms with Gasteiger partial charge in [-0.05, 0) is 18.4 Å². The number of aromatic nitrogens is 1. The van der Waals surface area contributed by atoms with Gasteiger partial charge >= 0.3 is 0 Å². The fraction of sp³-hybridized carbons (Fsp3) is 0.471. The van der Waals surface area contributed by atoms with Crippen LogP contribution >= 0.6 is 27.3 Å². The van der Waals surface area contributed by atoms with Gasteiger partial charge in [-0.25, -0.2) is 4.98 Å². The maximum absolute atomic E-state index is 4.99. The van der Waals surface area contributed by atoms with E-state index in [2.05, 4.69) is 46.3 Å². The van der Waals surface area contributed by atoms with Crippen molar-refractivity contribution in [1.29, 1.82) is 0 Å². The van der Waals surface area contributed by atoms with Gasteiger partial charge in [0.1, 0.15) is 0 Å². The van der Waals surface area contributed by atoms with Gasteiger partial charge in [-0.1, -0.05) is 65.5 Å². The second-order valence-corrected chi connectivity index (χ2v) is 7.29. The van der Waals surface area contributed by atoms with Gasteiger partial charge in [0.05, 0.1) is 15.6 Å². The Morgan fingerprint density at radius 3 is 2.55 bits per heavy atom. The normalized spacial score (nSPS) is 16.4. The fourth-order valence-corrected chi connectivity index (χ4v) is 4.63. The van der Waals surface area contributed by atoms with Gasteiger partial charge in [0.15, 0.2) is 0 Å². The summed E-state index contributed by atoms with van der Waals surface area (Å²) >= 11 is 5.49. The number of halogens is 1. The molecule has 106 valence electrons. The molecule has 3 heteroatoms. The Kier molecular flexibility index (Phi) is 4.90. The minimum atomic E-state index is 0.709. The van der Waals surface area contributed by atoms with Crippen LogP contribution in [0.15, 0.2) is 30.3 Å². The van der Waals surface area contributed by atoms with Crippen LogP contribution in [0, 0.1) is 0 Å². The summed E-state index contributed by atoms with van der Waals surface area (Å²) in [6.07, 6.45) is 7.83. The van der Waals surface area contributed by atoms with Crippen LogP contribution < -0.4 is 0 Å². The molecule has 0 radical (unpaired) electrons. The monoisotopic (exact) mass is 349 g/mol. The van der Waals surface area contributed by atoms with Crippen molar-refractivity contribution in [3.63, 3.8) is 0 Å². The van der Waals surface area contributed by atoms with Gasteiger partial charge in [-0.3, -0.25) is 0 Å². The number of benzene rings is 1. The third-order valence-electron chi connectivity index (χ3n) is 4.04. The second-order valence-electron chi connectivity index (χ2n) is 5.47. The van der Waals surface area contributed by atoms with Crippen LogP contribution in [0.4, 0.5) is 0 Å². The smallest absolute Gasteiger partial charge is 0.0965 e. The van der Waals surface area contributed by atoms with E-state index in [-0.39, 0.29) is 0 Å². The van der Waals surface area contributed by atoms with Gasteiger partial charge < -0.3 is 0 Å². The molecule has 1 heterocycles. The second kappa shape index (κ2) is 6.86. The predicted molar refractivity (Wildman–Crippen MR) is 90.9 cm³/mol. The Hall–Kier alpha value is -0.670. The highest BCUT2D eigenvalue weighted by atomic mass is 79.9. The highest BCUT2D eigenvalue weighted by Crippen LogP contribution is 2.39. The zero-order valence-electron chi connectivity index (χ0n) is 11.6. The molecule has 1 saturated carbocycles. The SMILES string of the molecule is BrCCc1nc(C2CCCCC2)sc1-c1ccccc1. The van der Waals surface area contributed by atoms with Crippen LogP contribution in [0.3, 0.4) is 0 Å². The van der Waals surface area contributed by atoms with Crippen molar-refractivity contribution < 1.29 is 0 Å². The van der Waals surface area contributed by atoms with Gasteiger partial charge in [0, 0.05) is 17.7 Å². The summed E-state index contributed by atoms with van der Waals surface area (Å²) in [5.74, 6) is 0.709. The lowest BCUT2D eigenvalue weighted by Gasteiger charge is -2.18. The van der Waals surface area contributed by atoms with E-state index in [9.17, 15) is 0 Å². The molecule has 1 aromatic carbocycles. The summed E-state index contributed by atoms with van der Waals surface area (Å²) in [4.78, 5) is 6.37. The fourth-order valence-electron chi connectivity index (χ4n) is 2.97. The Morgan fingerprint density at radius 2 is 1.85 bits per heavy atom. The van der Waals surface area contributed by atoms with E-state index in [1.165, 1.54) is 53.2 Å². The van der Waals surface area contributed by atoms with Crippen molar-refractivity contribution in [3.05, 3.63) is 41.0 Å². The summed E-state index contributed by atoms with van der Waals surface area (Å²) in [5, 5.41) is 2.36. The molecule has 2 aromatic rings. The van der Waals surface area contributed by atoms with Crippen molar-refractivity contribution in [2.24, 2.45) is 0 Å². The van der Waals surface area contributed by atoms with E-state index in [1.54, 1.807) is 0 Å². The van der Waals surface area contributed by atoms with E-state index in [4.69, 9.17) is 4.98 Å². The van der Waals surface area contributed by atoms with Crippen molar-refractivity contribution in [1.82, 2.24) is 4.98 Å². The quantitative estimate of drug-likeness (QED) is 0.636. The number of nitrogens with zero attached hydrogens (tertiary/aromatic N) is 1. The van der Waals surface area contributed by atoms with Crippen molar-refractivity contribution >= 4 is 27.3 Å². The standard InChI is InChI=1S/C17H20BrNS/c18-12-11-15-16(13-7-3-1-4-8-13)20-17(19-15)14-9-5-2-6-10-14/h1,3-4,7-8,14H,2,5-6,9-12H2. The van der Waals surface area contributed by atoms with Crippen LogP contribution in [0.25, 0.3) is 10.4 Å². The average Bonchev–Trinajstić information content (AvgIpc) is 2.94. The van der Waals surface area contributed by atoms with Crippen LogP contribution in [0.5, 0.6) is 0 Å². The highest BCUT2D eigenvalue weighted by molar-refractivity contribution is 9.09. The first kappa shape index (κ1) is 14.3. The summed E-state index contributed by atoms with van der Waals surface area (Å²) in [6, 6.07) is 10.7. The molecule has 1 aliphatic rings. The molecular formula is C17H20BrNS. The molecule has 0 spiro atoms. The molecule has 3 rings (SSSR count). The number of alkyl halides is 1. The zero-order valence-corrected chi connectivity index (χ0v) is 14.0. The Morgan fingerprint density at radius 1 is 1.10 bits per heavy atom.